The summed E-state index contributed by atoms with van der Waals surface area (Å²) >= 11 is 0. The third-order valence-electron chi connectivity index (χ3n) is 4.74. The Kier molecular flexibility index (Phi) is 2.83. The standard InChI is InChI=1S/C16H22BNO2/c1-10-7-8-12-11(2)14(18-13(12)9-10)17-19-15(3,4)16(5,6)20-17/h7-9,18H,1-6H3. The van der Waals surface area contributed by atoms with Crippen molar-refractivity contribution >= 4 is 23.6 Å². The number of benzene rings is 1. The third kappa shape index (κ3) is 1.90. The van der Waals surface area contributed by atoms with E-state index in [0.29, 0.717) is 0 Å². The topological polar surface area (TPSA) is 34.2 Å². The van der Waals surface area contributed by atoms with Gasteiger partial charge in [0.15, 0.2) is 0 Å². The molecule has 0 amide bonds. The molecular formula is C16H22BNO2. The van der Waals surface area contributed by atoms with Crippen molar-refractivity contribution in [2.24, 2.45) is 0 Å². The van der Waals surface area contributed by atoms with Crippen LogP contribution in [0.3, 0.4) is 0 Å². The molecule has 1 N–H and O–H groups in total. The van der Waals surface area contributed by atoms with Gasteiger partial charge in [0.05, 0.1) is 11.2 Å². The second kappa shape index (κ2) is 4.12. The van der Waals surface area contributed by atoms with E-state index in [1.165, 1.54) is 16.5 Å². The van der Waals surface area contributed by atoms with Gasteiger partial charge in [-0.1, -0.05) is 12.1 Å². The molecule has 0 bridgehead atoms. The number of fused-ring (bicyclic) bond motifs is 1. The van der Waals surface area contributed by atoms with Gasteiger partial charge in [0.25, 0.3) is 0 Å². The summed E-state index contributed by atoms with van der Waals surface area (Å²) in [7, 11) is -0.326. The molecule has 1 aromatic carbocycles. The molecule has 0 aliphatic carbocycles. The Morgan fingerprint density at radius 3 is 2.20 bits per heavy atom. The van der Waals surface area contributed by atoms with Crippen LogP contribution >= 0.6 is 0 Å². The molecule has 106 valence electrons. The van der Waals surface area contributed by atoms with Gasteiger partial charge in [0.1, 0.15) is 0 Å². The summed E-state index contributed by atoms with van der Waals surface area (Å²) in [6, 6.07) is 6.46. The number of H-pyrrole nitrogens is 1. The summed E-state index contributed by atoms with van der Waals surface area (Å²) in [6.45, 7) is 12.5. The number of aromatic nitrogens is 1. The van der Waals surface area contributed by atoms with E-state index in [0.717, 1.165) is 11.1 Å². The largest absolute Gasteiger partial charge is 0.512 e. The van der Waals surface area contributed by atoms with Gasteiger partial charge < -0.3 is 14.3 Å². The summed E-state index contributed by atoms with van der Waals surface area (Å²) in [5, 5.41) is 1.24. The average molecular weight is 271 g/mol. The van der Waals surface area contributed by atoms with Gasteiger partial charge >= 0.3 is 7.12 Å². The zero-order valence-corrected chi connectivity index (χ0v) is 13.1. The van der Waals surface area contributed by atoms with E-state index in [1.54, 1.807) is 0 Å². The van der Waals surface area contributed by atoms with E-state index in [1.807, 2.05) is 0 Å². The molecule has 1 saturated heterocycles. The van der Waals surface area contributed by atoms with E-state index in [-0.39, 0.29) is 18.3 Å². The molecule has 1 aromatic heterocycles. The van der Waals surface area contributed by atoms with Crippen LogP contribution in [0.4, 0.5) is 0 Å². The lowest BCUT2D eigenvalue weighted by Gasteiger charge is -2.32. The Hall–Kier alpha value is -1.26. The Labute approximate surface area is 120 Å². The number of hydrogen-bond acceptors (Lipinski definition) is 2. The predicted molar refractivity (Wildman–Crippen MR) is 83.5 cm³/mol. The van der Waals surface area contributed by atoms with Gasteiger partial charge in [0, 0.05) is 16.5 Å². The zero-order chi connectivity index (χ0) is 14.7. The van der Waals surface area contributed by atoms with E-state index in [2.05, 4.69) is 64.7 Å². The zero-order valence-electron chi connectivity index (χ0n) is 13.1. The van der Waals surface area contributed by atoms with Crippen molar-refractivity contribution in [2.75, 3.05) is 0 Å². The minimum atomic E-state index is -0.326. The lowest BCUT2D eigenvalue weighted by Crippen LogP contribution is -2.41. The summed E-state index contributed by atoms with van der Waals surface area (Å²) in [5.41, 5.74) is 4.02. The second-order valence-corrected chi connectivity index (χ2v) is 6.80. The van der Waals surface area contributed by atoms with Crippen molar-refractivity contribution in [2.45, 2.75) is 52.7 Å². The maximum Gasteiger partial charge on any atom is 0.512 e. The molecule has 3 nitrogen and oxygen atoms in total. The molecule has 1 aliphatic rings. The van der Waals surface area contributed by atoms with Crippen LogP contribution in [0, 0.1) is 13.8 Å². The quantitative estimate of drug-likeness (QED) is 0.809. The fourth-order valence-electron chi connectivity index (χ4n) is 2.67. The summed E-state index contributed by atoms with van der Waals surface area (Å²) < 4.78 is 12.3. The molecule has 0 saturated carbocycles. The lowest BCUT2D eigenvalue weighted by atomic mass is 9.82. The number of rotatable bonds is 1. The fourth-order valence-corrected chi connectivity index (χ4v) is 2.67. The monoisotopic (exact) mass is 271 g/mol. The highest BCUT2D eigenvalue weighted by atomic mass is 16.7. The maximum atomic E-state index is 6.14. The van der Waals surface area contributed by atoms with Crippen LogP contribution < -0.4 is 5.59 Å². The predicted octanol–water partition coefficient (Wildman–Crippen LogP) is 3.08. The van der Waals surface area contributed by atoms with Gasteiger partial charge in [-0.05, 0) is 58.7 Å². The highest BCUT2D eigenvalue weighted by Gasteiger charge is 2.52. The van der Waals surface area contributed by atoms with Gasteiger partial charge in [-0.25, -0.2) is 0 Å². The molecule has 2 aromatic rings. The molecule has 0 spiro atoms. The van der Waals surface area contributed by atoms with Crippen LogP contribution in [0.1, 0.15) is 38.8 Å². The van der Waals surface area contributed by atoms with E-state index in [9.17, 15) is 0 Å². The van der Waals surface area contributed by atoms with Crippen LogP contribution in [0.2, 0.25) is 0 Å². The number of aryl methyl sites for hydroxylation is 2. The smallest absolute Gasteiger partial charge is 0.398 e. The Morgan fingerprint density at radius 1 is 1.00 bits per heavy atom. The van der Waals surface area contributed by atoms with Crippen molar-refractivity contribution in [3.05, 3.63) is 29.3 Å². The van der Waals surface area contributed by atoms with Crippen LogP contribution in [0.5, 0.6) is 0 Å². The lowest BCUT2D eigenvalue weighted by molar-refractivity contribution is 0.00578. The van der Waals surface area contributed by atoms with Crippen LogP contribution in [0.25, 0.3) is 10.9 Å². The molecule has 0 radical (unpaired) electrons. The highest BCUT2D eigenvalue weighted by molar-refractivity contribution is 6.62. The van der Waals surface area contributed by atoms with Gasteiger partial charge in [-0.2, -0.15) is 0 Å². The van der Waals surface area contributed by atoms with E-state index >= 15 is 0 Å². The van der Waals surface area contributed by atoms with Crippen molar-refractivity contribution in [3.8, 4) is 0 Å². The minimum Gasteiger partial charge on any atom is -0.398 e. The number of aromatic amines is 1. The van der Waals surface area contributed by atoms with Gasteiger partial charge in [0.2, 0.25) is 0 Å². The molecule has 4 heteroatoms. The summed E-state index contributed by atoms with van der Waals surface area (Å²) in [6.07, 6.45) is 0. The van der Waals surface area contributed by atoms with Crippen molar-refractivity contribution in [3.63, 3.8) is 0 Å². The first-order valence-electron chi connectivity index (χ1n) is 7.16. The molecule has 20 heavy (non-hydrogen) atoms. The number of hydrogen-bond donors (Lipinski definition) is 1. The molecule has 0 unspecified atom stereocenters. The van der Waals surface area contributed by atoms with Gasteiger partial charge in [-0.15, -0.1) is 0 Å². The Morgan fingerprint density at radius 2 is 1.60 bits per heavy atom. The molecule has 3 rings (SSSR count). The SMILES string of the molecule is Cc1ccc2c(C)c(B3OC(C)(C)C(C)(C)O3)[nH]c2c1. The maximum absolute atomic E-state index is 6.14. The van der Waals surface area contributed by atoms with Gasteiger partial charge in [-0.3, -0.25) is 0 Å². The second-order valence-electron chi connectivity index (χ2n) is 6.80. The fraction of sp³-hybridized carbons (Fsp3) is 0.500. The first kappa shape index (κ1) is 13.7. The first-order valence-corrected chi connectivity index (χ1v) is 7.16. The highest BCUT2D eigenvalue weighted by Crippen LogP contribution is 2.37. The minimum absolute atomic E-state index is 0.308. The van der Waals surface area contributed by atoms with Crippen LogP contribution in [0.15, 0.2) is 18.2 Å². The van der Waals surface area contributed by atoms with Crippen LogP contribution in [-0.2, 0) is 9.31 Å². The Bertz CT molecular complexity index is 656. The van der Waals surface area contributed by atoms with Crippen molar-refractivity contribution < 1.29 is 9.31 Å². The molecule has 0 atom stereocenters. The molecule has 1 fully saturated rings. The normalized spacial score (nSPS) is 20.8. The van der Waals surface area contributed by atoms with Crippen molar-refractivity contribution in [1.82, 2.24) is 4.98 Å². The summed E-state index contributed by atoms with van der Waals surface area (Å²) in [5.74, 6) is 0. The number of nitrogens with one attached hydrogen (secondary N) is 1. The summed E-state index contributed by atoms with van der Waals surface area (Å²) in [4.78, 5) is 3.47. The van der Waals surface area contributed by atoms with E-state index < -0.39 is 0 Å². The molecule has 2 heterocycles. The molecule has 1 aliphatic heterocycles. The van der Waals surface area contributed by atoms with Crippen LogP contribution in [-0.4, -0.2) is 23.3 Å². The Balaban J connectivity index is 2.06. The first-order chi connectivity index (χ1) is 9.21. The van der Waals surface area contributed by atoms with E-state index in [4.69, 9.17) is 9.31 Å². The average Bonchev–Trinajstić information content (AvgIpc) is 2.74. The molecular weight excluding hydrogens is 249 g/mol. The van der Waals surface area contributed by atoms with Crippen molar-refractivity contribution in [1.29, 1.82) is 0 Å². The third-order valence-corrected chi connectivity index (χ3v) is 4.74.